The van der Waals surface area contributed by atoms with Gasteiger partial charge >= 0.3 is 0 Å². The van der Waals surface area contributed by atoms with Gasteiger partial charge in [-0.25, -0.2) is 4.98 Å². The first-order valence-corrected chi connectivity index (χ1v) is 8.84. The average molecular weight is 431 g/mol. The number of hydrogen-bond donors (Lipinski definition) is 2. The molecule has 140 valence electrons. The van der Waals surface area contributed by atoms with E-state index in [9.17, 15) is 10.1 Å². The minimum Gasteiger partial charge on any atom is -0.493 e. The molecular formula is C19H19BrN4O3. The number of aromatic nitrogens is 1. The highest BCUT2D eigenvalue weighted by atomic mass is 79.9. The van der Waals surface area contributed by atoms with Crippen LogP contribution in [-0.2, 0) is 11.2 Å². The van der Waals surface area contributed by atoms with Crippen LogP contribution in [-0.4, -0.2) is 31.7 Å². The zero-order chi connectivity index (χ0) is 19.6. The maximum Gasteiger partial charge on any atom is 0.263 e. The predicted molar refractivity (Wildman–Crippen MR) is 106 cm³/mol. The summed E-state index contributed by atoms with van der Waals surface area (Å²) in [5.41, 5.74) is 0.944. The molecule has 0 aliphatic carbocycles. The van der Waals surface area contributed by atoms with Gasteiger partial charge in [0.15, 0.2) is 11.5 Å². The van der Waals surface area contributed by atoms with Gasteiger partial charge in [-0.3, -0.25) is 4.79 Å². The van der Waals surface area contributed by atoms with Gasteiger partial charge < -0.3 is 20.1 Å². The Morgan fingerprint density at radius 1 is 1.26 bits per heavy atom. The summed E-state index contributed by atoms with van der Waals surface area (Å²) in [5.74, 6) is 1.35. The molecule has 0 fully saturated rings. The van der Waals surface area contributed by atoms with Crippen LogP contribution in [0.5, 0.6) is 11.5 Å². The highest BCUT2D eigenvalue weighted by Crippen LogP contribution is 2.27. The Kier molecular flexibility index (Phi) is 7.64. The first kappa shape index (κ1) is 20.3. The fourth-order valence-electron chi connectivity index (χ4n) is 2.21. The van der Waals surface area contributed by atoms with Crippen molar-refractivity contribution in [2.45, 2.75) is 6.42 Å². The fourth-order valence-corrected chi connectivity index (χ4v) is 2.44. The van der Waals surface area contributed by atoms with Gasteiger partial charge in [0.2, 0.25) is 0 Å². The SMILES string of the molecule is COc1ccc(CCNC(=O)/C(C#N)=C\Nc2ccc(Br)cn2)cc1OC. The first-order chi connectivity index (χ1) is 13.1. The Hall–Kier alpha value is -3.05. The molecule has 0 aliphatic heterocycles. The number of carbonyl (C=O) groups is 1. The first-order valence-electron chi connectivity index (χ1n) is 8.05. The largest absolute Gasteiger partial charge is 0.493 e. The van der Waals surface area contributed by atoms with Crippen LogP contribution in [0.15, 0.2) is 52.8 Å². The predicted octanol–water partition coefficient (Wildman–Crippen LogP) is 3.04. The highest BCUT2D eigenvalue weighted by Gasteiger charge is 2.09. The van der Waals surface area contributed by atoms with E-state index in [0.717, 1.165) is 10.0 Å². The number of amides is 1. The number of carbonyl (C=O) groups excluding carboxylic acids is 1. The lowest BCUT2D eigenvalue weighted by Gasteiger charge is -2.10. The lowest BCUT2D eigenvalue weighted by atomic mass is 10.1. The molecule has 0 saturated carbocycles. The van der Waals surface area contributed by atoms with Crippen LogP contribution in [0.4, 0.5) is 5.82 Å². The van der Waals surface area contributed by atoms with Crippen molar-refractivity contribution in [1.29, 1.82) is 5.26 Å². The molecule has 1 amide bonds. The van der Waals surface area contributed by atoms with Crippen molar-refractivity contribution in [3.8, 4) is 17.6 Å². The molecular weight excluding hydrogens is 412 g/mol. The van der Waals surface area contributed by atoms with Crippen molar-refractivity contribution in [3.05, 3.63) is 58.3 Å². The second-order valence-electron chi connectivity index (χ2n) is 5.37. The number of hydrogen-bond acceptors (Lipinski definition) is 6. The smallest absolute Gasteiger partial charge is 0.263 e. The van der Waals surface area contributed by atoms with E-state index in [1.807, 2.05) is 24.3 Å². The van der Waals surface area contributed by atoms with Gasteiger partial charge in [0, 0.05) is 23.4 Å². The third kappa shape index (κ3) is 6.01. The highest BCUT2D eigenvalue weighted by molar-refractivity contribution is 9.10. The molecule has 1 heterocycles. The lowest BCUT2D eigenvalue weighted by molar-refractivity contribution is -0.117. The summed E-state index contributed by atoms with van der Waals surface area (Å²) in [6.07, 6.45) is 3.54. The van der Waals surface area contributed by atoms with Gasteiger partial charge in [-0.1, -0.05) is 6.07 Å². The van der Waals surface area contributed by atoms with Gasteiger partial charge in [-0.05, 0) is 52.2 Å². The molecule has 8 heteroatoms. The molecule has 0 atom stereocenters. The van der Waals surface area contributed by atoms with Crippen LogP contribution < -0.4 is 20.1 Å². The minimum atomic E-state index is -0.456. The second kappa shape index (κ2) is 10.2. The number of pyridine rings is 1. The monoisotopic (exact) mass is 430 g/mol. The van der Waals surface area contributed by atoms with Crippen LogP contribution in [0.2, 0.25) is 0 Å². The number of halogens is 1. The van der Waals surface area contributed by atoms with E-state index in [0.29, 0.717) is 30.3 Å². The minimum absolute atomic E-state index is 0.0352. The maximum atomic E-state index is 12.1. The standard InChI is InChI=1S/C19H19BrN4O3/c1-26-16-5-3-13(9-17(16)27-2)7-8-22-19(25)14(10-21)11-23-18-6-4-15(20)12-24-18/h3-6,9,11-12H,7-8H2,1-2H3,(H,22,25)(H,23,24)/b14-11-. The summed E-state index contributed by atoms with van der Waals surface area (Å²) < 4.78 is 11.3. The van der Waals surface area contributed by atoms with E-state index in [4.69, 9.17) is 9.47 Å². The van der Waals surface area contributed by atoms with Crippen molar-refractivity contribution in [2.75, 3.05) is 26.1 Å². The summed E-state index contributed by atoms with van der Waals surface area (Å²) >= 11 is 3.29. The van der Waals surface area contributed by atoms with Crippen LogP contribution in [0.1, 0.15) is 5.56 Å². The van der Waals surface area contributed by atoms with E-state index >= 15 is 0 Å². The molecule has 0 spiro atoms. The molecule has 2 aromatic rings. The number of anilines is 1. The molecule has 2 rings (SSSR count). The summed E-state index contributed by atoms with van der Waals surface area (Å²) in [6, 6.07) is 11.0. The number of nitriles is 1. The Balaban J connectivity index is 1.90. The molecule has 0 radical (unpaired) electrons. The molecule has 0 aliphatic rings. The topological polar surface area (TPSA) is 96.3 Å². The van der Waals surface area contributed by atoms with Gasteiger partial charge in [0.1, 0.15) is 17.5 Å². The van der Waals surface area contributed by atoms with Crippen molar-refractivity contribution in [1.82, 2.24) is 10.3 Å². The molecule has 2 N–H and O–H groups in total. The number of benzene rings is 1. The Morgan fingerprint density at radius 2 is 2.04 bits per heavy atom. The number of nitrogens with one attached hydrogen (secondary N) is 2. The van der Waals surface area contributed by atoms with Gasteiger partial charge in [0.25, 0.3) is 5.91 Å². The molecule has 1 aromatic carbocycles. The third-order valence-electron chi connectivity index (χ3n) is 3.60. The van der Waals surface area contributed by atoms with E-state index in [-0.39, 0.29) is 5.57 Å². The third-order valence-corrected chi connectivity index (χ3v) is 4.07. The number of nitrogens with zero attached hydrogens (tertiary/aromatic N) is 2. The second-order valence-corrected chi connectivity index (χ2v) is 6.29. The molecule has 0 bridgehead atoms. The van der Waals surface area contributed by atoms with Crippen molar-refractivity contribution >= 4 is 27.7 Å². The molecule has 7 nitrogen and oxygen atoms in total. The van der Waals surface area contributed by atoms with Crippen LogP contribution >= 0.6 is 15.9 Å². The molecule has 27 heavy (non-hydrogen) atoms. The van der Waals surface area contributed by atoms with Crippen LogP contribution in [0.3, 0.4) is 0 Å². The van der Waals surface area contributed by atoms with Crippen LogP contribution in [0, 0.1) is 11.3 Å². The van der Waals surface area contributed by atoms with E-state index < -0.39 is 5.91 Å². The summed E-state index contributed by atoms with van der Waals surface area (Å²) in [5, 5.41) is 14.7. The lowest BCUT2D eigenvalue weighted by Crippen LogP contribution is -2.27. The van der Waals surface area contributed by atoms with Crippen molar-refractivity contribution in [2.24, 2.45) is 0 Å². The number of rotatable bonds is 8. The zero-order valence-corrected chi connectivity index (χ0v) is 16.5. The van der Waals surface area contributed by atoms with Crippen molar-refractivity contribution < 1.29 is 14.3 Å². The molecule has 0 unspecified atom stereocenters. The van der Waals surface area contributed by atoms with Gasteiger partial charge in [0.05, 0.1) is 14.2 Å². The van der Waals surface area contributed by atoms with Crippen molar-refractivity contribution in [3.63, 3.8) is 0 Å². The quantitative estimate of drug-likeness (QED) is 0.493. The maximum absolute atomic E-state index is 12.1. The van der Waals surface area contributed by atoms with Crippen LogP contribution in [0.25, 0.3) is 0 Å². The zero-order valence-electron chi connectivity index (χ0n) is 15.0. The summed E-state index contributed by atoms with van der Waals surface area (Å²) in [6.45, 7) is 0.379. The van der Waals surface area contributed by atoms with E-state index in [2.05, 4.69) is 31.5 Å². The fraction of sp³-hybridized carbons (Fsp3) is 0.211. The average Bonchev–Trinajstić information content (AvgIpc) is 2.69. The Labute approximate surface area is 166 Å². The van der Waals surface area contributed by atoms with E-state index in [1.54, 1.807) is 32.5 Å². The van der Waals surface area contributed by atoms with Gasteiger partial charge in [-0.2, -0.15) is 5.26 Å². The van der Waals surface area contributed by atoms with Gasteiger partial charge in [-0.15, -0.1) is 0 Å². The number of ether oxygens (including phenoxy) is 2. The normalized spacial score (nSPS) is 10.7. The summed E-state index contributed by atoms with van der Waals surface area (Å²) in [4.78, 5) is 16.3. The Bertz CT molecular complexity index is 860. The Morgan fingerprint density at radius 3 is 2.67 bits per heavy atom. The van der Waals surface area contributed by atoms with E-state index in [1.165, 1.54) is 6.20 Å². The molecule has 1 aromatic heterocycles. The summed E-state index contributed by atoms with van der Waals surface area (Å²) in [7, 11) is 3.14. The molecule has 0 saturated heterocycles. The number of methoxy groups -OCH3 is 2.